The minimum atomic E-state index is -0.522. The van der Waals surface area contributed by atoms with Gasteiger partial charge in [0.15, 0.2) is 0 Å². The number of carbonyl (C=O) groups excluding carboxylic acids is 2. The van der Waals surface area contributed by atoms with Crippen LogP contribution in [-0.4, -0.2) is 18.1 Å². The van der Waals surface area contributed by atoms with E-state index in [1.807, 2.05) is 30.3 Å². The Kier molecular flexibility index (Phi) is 7.16. The molecule has 0 aliphatic heterocycles. The smallest absolute Gasteiger partial charge is 0.343 e. The van der Waals surface area contributed by atoms with Crippen LogP contribution in [0.25, 0.3) is 0 Å². The van der Waals surface area contributed by atoms with Gasteiger partial charge in [0.25, 0.3) is 0 Å². The van der Waals surface area contributed by atoms with E-state index in [1.54, 1.807) is 42.5 Å². The Bertz CT molecular complexity index is 1040. The maximum atomic E-state index is 12.4. The molecule has 0 aliphatic rings. The van der Waals surface area contributed by atoms with Gasteiger partial charge in [-0.3, -0.25) is 4.79 Å². The van der Waals surface area contributed by atoms with Crippen LogP contribution in [0, 0.1) is 0 Å². The molecule has 0 bridgehead atoms. The maximum Gasteiger partial charge on any atom is 0.343 e. The fourth-order valence-corrected chi connectivity index (χ4v) is 2.96. The highest BCUT2D eigenvalue weighted by molar-refractivity contribution is 9.10. The van der Waals surface area contributed by atoms with Crippen LogP contribution in [0.1, 0.15) is 21.5 Å². The molecule has 7 heteroatoms. The third-order valence-corrected chi connectivity index (χ3v) is 4.60. The van der Waals surface area contributed by atoms with E-state index in [1.165, 1.54) is 6.21 Å². The average Bonchev–Trinajstić information content (AvgIpc) is 2.71. The standard InChI is InChI=1S/C22H16BrClN2O3/c23-18-8-11-20(29-22(28)16-6-9-19(24)10-7-16)17(13-18)14-25-26-21(27)12-15-4-2-1-3-5-15/h1-11,13-14H,12H2,(H,26,27)/b25-14+. The van der Waals surface area contributed by atoms with Gasteiger partial charge in [0.1, 0.15) is 5.75 Å². The number of halogens is 2. The predicted octanol–water partition coefficient (Wildman–Crippen LogP) is 5.01. The molecule has 0 saturated heterocycles. The number of benzene rings is 3. The van der Waals surface area contributed by atoms with Gasteiger partial charge in [0, 0.05) is 15.1 Å². The van der Waals surface area contributed by atoms with Crippen LogP contribution >= 0.6 is 27.5 Å². The molecule has 3 aromatic carbocycles. The first kappa shape index (κ1) is 20.8. The Hall–Kier alpha value is -2.96. The molecule has 0 fully saturated rings. The summed E-state index contributed by atoms with van der Waals surface area (Å²) >= 11 is 9.22. The quantitative estimate of drug-likeness (QED) is 0.238. The minimum absolute atomic E-state index is 0.217. The number of amides is 1. The van der Waals surface area contributed by atoms with E-state index in [0.29, 0.717) is 21.9 Å². The normalized spacial score (nSPS) is 10.7. The molecule has 0 spiro atoms. The highest BCUT2D eigenvalue weighted by Crippen LogP contribution is 2.23. The number of carbonyl (C=O) groups is 2. The zero-order valence-electron chi connectivity index (χ0n) is 15.1. The molecule has 3 aromatic rings. The number of esters is 1. The van der Waals surface area contributed by atoms with E-state index in [4.69, 9.17) is 16.3 Å². The Balaban J connectivity index is 1.68. The van der Waals surface area contributed by atoms with Crippen LogP contribution in [0.3, 0.4) is 0 Å². The summed E-state index contributed by atoms with van der Waals surface area (Å²) in [6, 6.07) is 20.9. The van der Waals surface area contributed by atoms with Gasteiger partial charge in [-0.15, -0.1) is 0 Å². The highest BCUT2D eigenvalue weighted by atomic mass is 79.9. The summed E-state index contributed by atoms with van der Waals surface area (Å²) in [6.45, 7) is 0. The second-order valence-electron chi connectivity index (χ2n) is 6.03. The molecule has 5 nitrogen and oxygen atoms in total. The summed E-state index contributed by atoms with van der Waals surface area (Å²) in [5.41, 5.74) is 4.27. The van der Waals surface area contributed by atoms with Crippen molar-refractivity contribution in [3.63, 3.8) is 0 Å². The molecule has 0 heterocycles. The molecule has 29 heavy (non-hydrogen) atoms. The second kappa shape index (κ2) is 10.0. The lowest BCUT2D eigenvalue weighted by molar-refractivity contribution is -0.120. The molecule has 146 valence electrons. The molecular formula is C22H16BrClN2O3. The van der Waals surface area contributed by atoms with Crippen LogP contribution in [0.15, 0.2) is 82.4 Å². The van der Waals surface area contributed by atoms with Crippen LogP contribution in [0.2, 0.25) is 5.02 Å². The van der Waals surface area contributed by atoms with Crippen molar-refractivity contribution in [3.8, 4) is 5.75 Å². The van der Waals surface area contributed by atoms with E-state index in [9.17, 15) is 9.59 Å². The topological polar surface area (TPSA) is 67.8 Å². The SMILES string of the molecule is O=C(Cc1ccccc1)N/N=C/c1cc(Br)ccc1OC(=O)c1ccc(Cl)cc1. The molecular weight excluding hydrogens is 456 g/mol. The van der Waals surface area contributed by atoms with Gasteiger partial charge < -0.3 is 4.74 Å². The predicted molar refractivity (Wildman–Crippen MR) is 116 cm³/mol. The van der Waals surface area contributed by atoms with Gasteiger partial charge in [-0.2, -0.15) is 5.10 Å². The molecule has 0 radical (unpaired) electrons. The Morgan fingerprint density at radius 3 is 2.48 bits per heavy atom. The summed E-state index contributed by atoms with van der Waals surface area (Å²) in [4.78, 5) is 24.4. The van der Waals surface area contributed by atoms with Crippen molar-refractivity contribution in [1.29, 1.82) is 0 Å². The summed E-state index contributed by atoms with van der Waals surface area (Å²) in [7, 11) is 0. The molecule has 3 rings (SSSR count). The molecule has 1 amide bonds. The molecule has 0 aliphatic carbocycles. The minimum Gasteiger partial charge on any atom is -0.422 e. The fourth-order valence-electron chi connectivity index (χ4n) is 2.45. The fraction of sp³-hybridized carbons (Fsp3) is 0.0455. The summed E-state index contributed by atoms with van der Waals surface area (Å²) in [5.74, 6) is -0.455. The Labute approximate surface area is 181 Å². The van der Waals surface area contributed by atoms with Crippen LogP contribution in [0.4, 0.5) is 0 Å². The maximum absolute atomic E-state index is 12.4. The van der Waals surface area contributed by atoms with E-state index < -0.39 is 5.97 Å². The lowest BCUT2D eigenvalue weighted by Gasteiger charge is -2.08. The summed E-state index contributed by atoms with van der Waals surface area (Å²) in [6.07, 6.45) is 1.65. The zero-order valence-corrected chi connectivity index (χ0v) is 17.5. The van der Waals surface area contributed by atoms with Crippen LogP contribution in [-0.2, 0) is 11.2 Å². The molecule has 0 atom stereocenters. The van der Waals surface area contributed by atoms with Crippen LogP contribution in [0.5, 0.6) is 5.75 Å². The van der Waals surface area contributed by atoms with Crippen molar-refractivity contribution in [1.82, 2.24) is 5.43 Å². The first-order valence-corrected chi connectivity index (χ1v) is 9.81. The van der Waals surface area contributed by atoms with Crippen molar-refractivity contribution < 1.29 is 14.3 Å². The molecule has 0 saturated carbocycles. The second-order valence-corrected chi connectivity index (χ2v) is 7.39. The summed E-state index contributed by atoms with van der Waals surface area (Å²) in [5, 5.41) is 4.51. The third kappa shape index (κ3) is 6.27. The van der Waals surface area contributed by atoms with E-state index in [0.717, 1.165) is 10.0 Å². The first-order chi connectivity index (χ1) is 14.0. The third-order valence-electron chi connectivity index (χ3n) is 3.85. The molecule has 0 aromatic heterocycles. The summed E-state index contributed by atoms with van der Waals surface area (Å²) < 4.78 is 6.25. The number of hydrogen-bond donors (Lipinski definition) is 1. The van der Waals surface area contributed by atoms with Crippen molar-refractivity contribution in [3.05, 3.63) is 99.0 Å². The lowest BCUT2D eigenvalue weighted by atomic mass is 10.1. The van der Waals surface area contributed by atoms with Gasteiger partial charge >= 0.3 is 5.97 Å². The Morgan fingerprint density at radius 2 is 1.76 bits per heavy atom. The number of rotatable bonds is 6. The molecule has 0 unspecified atom stereocenters. The lowest BCUT2D eigenvalue weighted by Crippen LogP contribution is -2.19. The average molecular weight is 472 g/mol. The van der Waals surface area contributed by atoms with Crippen molar-refractivity contribution >= 4 is 45.6 Å². The van der Waals surface area contributed by atoms with E-state index >= 15 is 0 Å². The van der Waals surface area contributed by atoms with E-state index in [2.05, 4.69) is 26.5 Å². The van der Waals surface area contributed by atoms with Crippen molar-refractivity contribution in [2.45, 2.75) is 6.42 Å². The van der Waals surface area contributed by atoms with Crippen molar-refractivity contribution in [2.24, 2.45) is 5.10 Å². The van der Waals surface area contributed by atoms with E-state index in [-0.39, 0.29) is 12.3 Å². The number of hydrazone groups is 1. The van der Waals surface area contributed by atoms with Gasteiger partial charge in [-0.1, -0.05) is 57.9 Å². The van der Waals surface area contributed by atoms with Gasteiger partial charge in [0.05, 0.1) is 18.2 Å². The number of nitrogens with one attached hydrogen (secondary N) is 1. The number of hydrogen-bond acceptors (Lipinski definition) is 4. The Morgan fingerprint density at radius 1 is 1.03 bits per heavy atom. The number of ether oxygens (including phenoxy) is 1. The molecule has 1 N–H and O–H groups in total. The largest absolute Gasteiger partial charge is 0.422 e. The monoisotopic (exact) mass is 470 g/mol. The first-order valence-electron chi connectivity index (χ1n) is 8.64. The van der Waals surface area contributed by atoms with Crippen LogP contribution < -0.4 is 10.2 Å². The zero-order chi connectivity index (χ0) is 20.6. The highest BCUT2D eigenvalue weighted by Gasteiger charge is 2.12. The van der Waals surface area contributed by atoms with Gasteiger partial charge in [0.2, 0.25) is 5.91 Å². The van der Waals surface area contributed by atoms with Crippen molar-refractivity contribution in [2.75, 3.05) is 0 Å². The van der Waals surface area contributed by atoms with Gasteiger partial charge in [-0.25, -0.2) is 10.2 Å². The number of nitrogens with zero attached hydrogens (tertiary/aromatic N) is 1. The van der Waals surface area contributed by atoms with Gasteiger partial charge in [-0.05, 0) is 48.0 Å².